The van der Waals surface area contributed by atoms with Gasteiger partial charge in [0.2, 0.25) is 0 Å². The number of hydrogen-bond donors (Lipinski definition) is 1. The van der Waals surface area contributed by atoms with Crippen molar-refractivity contribution in [1.82, 2.24) is 0 Å². The molecule has 0 heterocycles. The maximum atomic E-state index is 12.6. The molecule has 0 aliphatic heterocycles. The van der Waals surface area contributed by atoms with Crippen molar-refractivity contribution in [2.75, 3.05) is 14.2 Å². The molecule has 0 rings (SSSR count). The summed E-state index contributed by atoms with van der Waals surface area (Å²) in [4.78, 5) is 37.0. The summed E-state index contributed by atoms with van der Waals surface area (Å²) in [5.74, 6) is -1.88. The predicted octanol–water partition coefficient (Wildman–Crippen LogP) is 4.06. The average Bonchev–Trinajstić information content (AvgIpc) is 2.50. The molecule has 0 radical (unpaired) electrons. The van der Waals surface area contributed by atoms with E-state index < -0.39 is 34.2 Å². The summed E-state index contributed by atoms with van der Waals surface area (Å²) in [5, 5.41) is 9.88. The van der Waals surface area contributed by atoms with Crippen molar-refractivity contribution in [2.24, 2.45) is 21.7 Å². The summed E-state index contributed by atoms with van der Waals surface area (Å²) >= 11 is 0. The molecule has 0 amide bonds. The van der Waals surface area contributed by atoms with Crippen molar-refractivity contribution in [3.05, 3.63) is 0 Å². The Kier molecular flexibility index (Phi) is 7.89. The number of carboxylic acid groups (broad SMARTS) is 1. The third-order valence-corrected chi connectivity index (χ3v) is 5.13. The molecule has 0 fully saturated rings. The van der Waals surface area contributed by atoms with Crippen molar-refractivity contribution in [1.29, 1.82) is 0 Å². The second-order valence-corrected chi connectivity index (χ2v) is 9.41. The van der Waals surface area contributed by atoms with Crippen LogP contribution in [0, 0.1) is 21.7 Å². The zero-order chi connectivity index (χ0) is 21.0. The molecule has 6 heteroatoms. The zero-order valence-electron chi connectivity index (χ0n) is 17.8. The molecule has 1 N–H and O–H groups in total. The molecule has 0 aromatic rings. The monoisotopic (exact) mass is 372 g/mol. The average molecular weight is 373 g/mol. The minimum absolute atomic E-state index is 0.0753. The van der Waals surface area contributed by atoms with Gasteiger partial charge in [-0.15, -0.1) is 0 Å². The van der Waals surface area contributed by atoms with Crippen LogP contribution in [0.2, 0.25) is 0 Å². The second-order valence-electron chi connectivity index (χ2n) is 9.41. The van der Waals surface area contributed by atoms with Gasteiger partial charge in [0.1, 0.15) is 0 Å². The third kappa shape index (κ3) is 5.99. The fourth-order valence-corrected chi connectivity index (χ4v) is 4.15. The molecule has 6 nitrogen and oxygen atoms in total. The van der Waals surface area contributed by atoms with E-state index in [1.165, 1.54) is 14.2 Å². The molecule has 0 saturated heterocycles. The van der Waals surface area contributed by atoms with Gasteiger partial charge in [-0.05, 0) is 51.9 Å². The Morgan fingerprint density at radius 1 is 0.731 bits per heavy atom. The summed E-state index contributed by atoms with van der Waals surface area (Å²) in [6, 6.07) is 0. The molecule has 0 aliphatic carbocycles. The van der Waals surface area contributed by atoms with Crippen molar-refractivity contribution in [2.45, 2.75) is 74.1 Å². The molecular formula is C20H36O6. The first-order valence-corrected chi connectivity index (χ1v) is 8.99. The normalized spacial score (nSPS) is 18.8. The number of methoxy groups -OCH3 is 2. The van der Waals surface area contributed by atoms with E-state index >= 15 is 0 Å². The number of hydrogen-bond acceptors (Lipinski definition) is 5. The molecular weight excluding hydrogens is 336 g/mol. The van der Waals surface area contributed by atoms with E-state index in [-0.39, 0.29) is 18.3 Å². The van der Waals surface area contributed by atoms with Crippen LogP contribution in [0.15, 0.2) is 0 Å². The summed E-state index contributed by atoms with van der Waals surface area (Å²) in [5.41, 5.74) is -3.41. The summed E-state index contributed by atoms with van der Waals surface area (Å²) in [6.07, 6.45) is 1.09. The summed E-state index contributed by atoms with van der Waals surface area (Å²) < 4.78 is 9.91. The van der Waals surface area contributed by atoms with Gasteiger partial charge in [-0.2, -0.15) is 0 Å². The van der Waals surface area contributed by atoms with Crippen LogP contribution >= 0.6 is 0 Å². The smallest absolute Gasteiger partial charge is 0.311 e. The van der Waals surface area contributed by atoms with Crippen molar-refractivity contribution < 1.29 is 29.0 Å². The second kappa shape index (κ2) is 8.40. The van der Waals surface area contributed by atoms with Gasteiger partial charge >= 0.3 is 17.9 Å². The Balaban J connectivity index is 6.04. The van der Waals surface area contributed by atoms with Crippen LogP contribution in [0.1, 0.15) is 74.1 Å². The standard InChI is InChI=1S/C20H36O6/c1-10-18(5,15(23)25-8)12-20(7,16(24)26-9)13-19(6,14(21)22)11-17(2,3)4/h10-13H2,1-9H3,(H,21,22). The lowest BCUT2D eigenvalue weighted by molar-refractivity contribution is -0.166. The summed E-state index contributed by atoms with van der Waals surface area (Å²) in [7, 11) is 2.59. The molecule has 0 bridgehead atoms. The highest BCUT2D eigenvalue weighted by atomic mass is 16.5. The van der Waals surface area contributed by atoms with Crippen LogP contribution < -0.4 is 0 Å². The number of carbonyl (C=O) groups excluding carboxylic acids is 2. The van der Waals surface area contributed by atoms with Crippen molar-refractivity contribution in [3.8, 4) is 0 Å². The highest BCUT2D eigenvalue weighted by molar-refractivity contribution is 5.82. The van der Waals surface area contributed by atoms with Crippen molar-refractivity contribution >= 4 is 17.9 Å². The van der Waals surface area contributed by atoms with Gasteiger partial charge in [0.15, 0.2) is 0 Å². The fourth-order valence-electron chi connectivity index (χ4n) is 4.15. The maximum Gasteiger partial charge on any atom is 0.311 e. The molecule has 0 aromatic carbocycles. The highest BCUT2D eigenvalue weighted by Gasteiger charge is 2.51. The third-order valence-electron chi connectivity index (χ3n) is 5.13. The topological polar surface area (TPSA) is 89.9 Å². The first kappa shape index (κ1) is 24.4. The van der Waals surface area contributed by atoms with Gasteiger partial charge < -0.3 is 14.6 Å². The Morgan fingerprint density at radius 2 is 1.12 bits per heavy atom. The maximum absolute atomic E-state index is 12.6. The number of ether oxygens (including phenoxy) is 2. The van der Waals surface area contributed by atoms with Gasteiger partial charge in [0.25, 0.3) is 0 Å². The number of carboxylic acids is 1. The minimum atomic E-state index is -1.13. The molecule has 0 aromatic heterocycles. The van der Waals surface area contributed by atoms with Crippen LogP contribution in [-0.2, 0) is 23.9 Å². The van der Waals surface area contributed by atoms with Crippen LogP contribution in [-0.4, -0.2) is 37.2 Å². The fraction of sp³-hybridized carbons (Fsp3) is 0.850. The Labute approximate surface area is 157 Å². The zero-order valence-corrected chi connectivity index (χ0v) is 17.8. The first-order valence-electron chi connectivity index (χ1n) is 8.99. The van der Waals surface area contributed by atoms with E-state index in [0.29, 0.717) is 12.8 Å². The van der Waals surface area contributed by atoms with Gasteiger partial charge in [-0.1, -0.05) is 27.7 Å². The lowest BCUT2D eigenvalue weighted by Crippen LogP contribution is -2.45. The number of aliphatic carboxylic acids is 1. The number of rotatable bonds is 9. The lowest BCUT2D eigenvalue weighted by Gasteiger charge is -2.41. The Hall–Kier alpha value is -1.59. The first-order chi connectivity index (χ1) is 11.6. The van der Waals surface area contributed by atoms with E-state index in [1.54, 1.807) is 20.8 Å². The largest absolute Gasteiger partial charge is 0.481 e. The molecule has 26 heavy (non-hydrogen) atoms. The molecule has 0 saturated carbocycles. The molecule has 152 valence electrons. The lowest BCUT2D eigenvalue weighted by atomic mass is 9.62. The van der Waals surface area contributed by atoms with E-state index in [9.17, 15) is 19.5 Å². The highest BCUT2D eigenvalue weighted by Crippen LogP contribution is 2.48. The van der Waals surface area contributed by atoms with Crippen LogP contribution in [0.25, 0.3) is 0 Å². The SMILES string of the molecule is CCC(C)(CC(C)(CC(C)(CC(C)(C)C)C(=O)O)C(=O)OC)C(=O)OC. The van der Waals surface area contributed by atoms with E-state index in [0.717, 1.165) is 0 Å². The van der Waals surface area contributed by atoms with Gasteiger partial charge in [-0.3, -0.25) is 14.4 Å². The minimum Gasteiger partial charge on any atom is -0.481 e. The van der Waals surface area contributed by atoms with Crippen LogP contribution in [0.5, 0.6) is 0 Å². The summed E-state index contributed by atoms with van der Waals surface area (Å²) in [6.45, 7) is 12.8. The van der Waals surface area contributed by atoms with Gasteiger partial charge in [-0.25, -0.2) is 0 Å². The van der Waals surface area contributed by atoms with Gasteiger partial charge in [0, 0.05) is 0 Å². The number of carbonyl (C=O) groups is 3. The number of esters is 2. The van der Waals surface area contributed by atoms with Gasteiger partial charge in [0.05, 0.1) is 30.5 Å². The predicted molar refractivity (Wildman–Crippen MR) is 99.6 cm³/mol. The van der Waals surface area contributed by atoms with E-state index in [1.807, 2.05) is 27.7 Å². The molecule has 3 unspecified atom stereocenters. The van der Waals surface area contributed by atoms with Crippen LogP contribution in [0.4, 0.5) is 0 Å². The molecule has 0 spiro atoms. The van der Waals surface area contributed by atoms with Crippen LogP contribution in [0.3, 0.4) is 0 Å². The van der Waals surface area contributed by atoms with Crippen molar-refractivity contribution in [3.63, 3.8) is 0 Å². The van der Waals surface area contributed by atoms with E-state index in [2.05, 4.69) is 0 Å². The Morgan fingerprint density at radius 3 is 1.42 bits per heavy atom. The molecule has 3 atom stereocenters. The quantitative estimate of drug-likeness (QED) is 0.614. The Bertz CT molecular complexity index is 535. The van der Waals surface area contributed by atoms with E-state index in [4.69, 9.17) is 9.47 Å². The molecule has 0 aliphatic rings.